The molecule has 4 N–H and O–H groups in total. The smallest absolute Gasteiger partial charge is 0.240 e. The van der Waals surface area contributed by atoms with Crippen LogP contribution in [0.15, 0.2) is 79.0 Å². The number of aromatic nitrogens is 1. The Kier molecular flexibility index (Phi) is 9.65. The number of ketones is 1. The molecule has 0 spiro atoms. The molecule has 0 saturated carbocycles. The van der Waals surface area contributed by atoms with Gasteiger partial charge in [-0.3, -0.25) is 19.2 Å². The van der Waals surface area contributed by atoms with Gasteiger partial charge in [-0.05, 0) is 55.5 Å². The number of anilines is 2. The van der Waals surface area contributed by atoms with Crippen molar-refractivity contribution in [2.45, 2.75) is 64.1 Å². The summed E-state index contributed by atoms with van der Waals surface area (Å²) in [5.74, 6) is -1.43. The number of nitrogens with zero attached hydrogens (tertiary/aromatic N) is 2. The molecule has 2 aliphatic heterocycles. The van der Waals surface area contributed by atoms with Crippen LogP contribution in [0.4, 0.5) is 11.4 Å². The van der Waals surface area contributed by atoms with Gasteiger partial charge in [-0.2, -0.15) is 0 Å². The van der Waals surface area contributed by atoms with E-state index in [1.54, 1.807) is 23.6 Å². The zero-order valence-corrected chi connectivity index (χ0v) is 26.9. The Labute approximate surface area is 274 Å². The zero-order chi connectivity index (χ0) is 31.7. The van der Waals surface area contributed by atoms with Crippen LogP contribution in [-0.4, -0.2) is 46.6 Å². The number of Topliss-reactive ketones (excluding diaryl/α,β-unsaturated/α-hetero) is 1. The van der Waals surface area contributed by atoms with Crippen molar-refractivity contribution < 1.29 is 19.2 Å². The van der Waals surface area contributed by atoms with E-state index in [0.29, 0.717) is 25.9 Å². The van der Waals surface area contributed by atoms with Crippen molar-refractivity contribution in [2.75, 3.05) is 16.3 Å². The summed E-state index contributed by atoms with van der Waals surface area (Å²) in [6.07, 6.45) is 3.69. The van der Waals surface area contributed by atoms with Crippen molar-refractivity contribution in [3.05, 3.63) is 95.7 Å². The van der Waals surface area contributed by atoms with Crippen molar-refractivity contribution in [1.29, 1.82) is 0 Å². The van der Waals surface area contributed by atoms with E-state index in [1.165, 1.54) is 0 Å². The molecule has 3 heterocycles. The van der Waals surface area contributed by atoms with E-state index in [2.05, 4.69) is 10.3 Å². The Balaban J connectivity index is 0.00000417. The Hall–Kier alpha value is -4.47. The zero-order valence-electron chi connectivity index (χ0n) is 26.1. The molecule has 3 aromatic carbocycles. The van der Waals surface area contributed by atoms with E-state index in [1.807, 2.05) is 79.0 Å². The SMILES string of the molecule is CC(C)(N)C(=O)N[C@H](Cc1c[nH]c2ccccc12)C(=O)CC1Cc2cccc(N3CCCC3=O)c2N(Cc2ccccc2)C1=O.Cl. The number of hydrogen-bond donors (Lipinski definition) is 3. The van der Waals surface area contributed by atoms with Crippen molar-refractivity contribution in [1.82, 2.24) is 10.3 Å². The lowest BCUT2D eigenvalue weighted by atomic mass is 9.85. The number of nitrogens with one attached hydrogen (secondary N) is 2. The van der Waals surface area contributed by atoms with E-state index < -0.39 is 23.4 Å². The first-order valence-corrected chi connectivity index (χ1v) is 15.5. The van der Waals surface area contributed by atoms with Gasteiger partial charge in [0.05, 0.1) is 29.5 Å². The molecule has 2 aliphatic rings. The highest BCUT2D eigenvalue weighted by molar-refractivity contribution is 6.07. The summed E-state index contributed by atoms with van der Waals surface area (Å²) in [5.41, 5.74) is 10.1. The number of carbonyl (C=O) groups is 4. The molecule has 10 heteroatoms. The lowest BCUT2D eigenvalue weighted by Gasteiger charge is -2.37. The molecule has 1 saturated heterocycles. The second kappa shape index (κ2) is 13.5. The van der Waals surface area contributed by atoms with Crippen LogP contribution in [0.5, 0.6) is 0 Å². The summed E-state index contributed by atoms with van der Waals surface area (Å²) in [6, 6.07) is 22.4. The number of rotatable bonds is 10. The van der Waals surface area contributed by atoms with Gasteiger partial charge in [-0.25, -0.2) is 0 Å². The van der Waals surface area contributed by atoms with Crippen LogP contribution in [0.3, 0.4) is 0 Å². The number of nitrogens with two attached hydrogens (primary N) is 1. The molecule has 0 bridgehead atoms. The van der Waals surface area contributed by atoms with Crippen LogP contribution in [-0.2, 0) is 38.6 Å². The van der Waals surface area contributed by atoms with Gasteiger partial charge in [-0.1, -0.05) is 60.7 Å². The van der Waals surface area contributed by atoms with Gasteiger partial charge in [0.25, 0.3) is 0 Å². The maximum absolute atomic E-state index is 14.3. The molecule has 3 amide bonds. The maximum Gasteiger partial charge on any atom is 0.240 e. The lowest BCUT2D eigenvalue weighted by molar-refractivity contribution is -0.132. The predicted octanol–water partition coefficient (Wildman–Crippen LogP) is 4.85. The summed E-state index contributed by atoms with van der Waals surface area (Å²) in [7, 11) is 0. The van der Waals surface area contributed by atoms with Gasteiger partial charge < -0.3 is 25.8 Å². The fourth-order valence-electron chi connectivity index (χ4n) is 6.44. The van der Waals surface area contributed by atoms with Gasteiger partial charge in [0, 0.05) is 48.8 Å². The topological polar surface area (TPSA) is 129 Å². The third kappa shape index (κ3) is 6.71. The molecule has 46 heavy (non-hydrogen) atoms. The van der Waals surface area contributed by atoms with Gasteiger partial charge >= 0.3 is 0 Å². The van der Waals surface area contributed by atoms with E-state index in [4.69, 9.17) is 5.73 Å². The maximum atomic E-state index is 14.3. The van der Waals surface area contributed by atoms with Crippen LogP contribution >= 0.6 is 12.4 Å². The van der Waals surface area contributed by atoms with E-state index >= 15 is 0 Å². The minimum atomic E-state index is -1.19. The Bertz CT molecular complexity index is 1760. The highest BCUT2D eigenvalue weighted by Gasteiger charge is 2.39. The number of benzene rings is 3. The molecule has 2 atom stereocenters. The summed E-state index contributed by atoms with van der Waals surface area (Å²) < 4.78 is 0. The van der Waals surface area contributed by atoms with E-state index in [0.717, 1.165) is 45.4 Å². The van der Waals surface area contributed by atoms with Crippen molar-refractivity contribution >= 4 is 58.2 Å². The lowest BCUT2D eigenvalue weighted by Crippen LogP contribution is -2.55. The molecular formula is C36H40ClN5O4. The molecular weight excluding hydrogens is 602 g/mol. The number of halogens is 1. The summed E-state index contributed by atoms with van der Waals surface area (Å²) in [5, 5.41) is 3.86. The summed E-state index contributed by atoms with van der Waals surface area (Å²) >= 11 is 0. The second-order valence-corrected chi connectivity index (χ2v) is 12.7. The van der Waals surface area contributed by atoms with E-state index in [9.17, 15) is 19.2 Å². The minimum absolute atomic E-state index is 0. The average molecular weight is 642 g/mol. The predicted molar refractivity (Wildman–Crippen MR) is 182 cm³/mol. The van der Waals surface area contributed by atoms with Gasteiger partial charge in [0.2, 0.25) is 17.7 Å². The number of aromatic amines is 1. The first-order chi connectivity index (χ1) is 21.6. The van der Waals surface area contributed by atoms with Crippen LogP contribution in [0.1, 0.15) is 49.8 Å². The second-order valence-electron chi connectivity index (χ2n) is 12.7. The summed E-state index contributed by atoms with van der Waals surface area (Å²) in [4.78, 5) is 61.0. The van der Waals surface area contributed by atoms with Gasteiger partial charge in [0.1, 0.15) is 0 Å². The van der Waals surface area contributed by atoms with Crippen molar-refractivity contribution in [2.24, 2.45) is 11.7 Å². The molecule has 1 fully saturated rings. The minimum Gasteiger partial charge on any atom is -0.361 e. The van der Waals surface area contributed by atoms with Crippen LogP contribution in [0.25, 0.3) is 10.9 Å². The first kappa shape index (κ1) is 32.9. The number of para-hydroxylation sites is 2. The fourth-order valence-corrected chi connectivity index (χ4v) is 6.44. The monoisotopic (exact) mass is 641 g/mol. The number of hydrogen-bond acceptors (Lipinski definition) is 5. The largest absolute Gasteiger partial charge is 0.361 e. The van der Waals surface area contributed by atoms with Crippen LogP contribution in [0.2, 0.25) is 0 Å². The molecule has 240 valence electrons. The number of H-pyrrole nitrogens is 1. The molecule has 4 aromatic rings. The molecule has 9 nitrogen and oxygen atoms in total. The highest BCUT2D eigenvalue weighted by Crippen LogP contribution is 2.42. The average Bonchev–Trinajstić information content (AvgIpc) is 3.64. The van der Waals surface area contributed by atoms with E-state index in [-0.39, 0.29) is 42.8 Å². The molecule has 1 aromatic heterocycles. The van der Waals surface area contributed by atoms with Crippen molar-refractivity contribution in [3.63, 3.8) is 0 Å². The standard InChI is InChI=1S/C36H39N5O4.ClH/c1-36(2,37)35(45)39-29(19-26-21-38-28-14-7-6-13-27(26)28)31(42)20-25-18-24-12-8-15-30(40-17-9-16-32(40)43)33(24)41(34(25)44)22-23-10-4-3-5-11-23;/h3-8,10-15,21,25,29,38H,9,16-20,22,37H2,1-2H3,(H,39,45);1H/t25?,29-;/m1./s1. The quantitative estimate of drug-likeness (QED) is 0.228. The van der Waals surface area contributed by atoms with Gasteiger partial charge in [0.15, 0.2) is 5.78 Å². The number of carbonyl (C=O) groups excluding carboxylic acids is 4. The number of amides is 3. The number of fused-ring (bicyclic) bond motifs is 2. The molecule has 1 unspecified atom stereocenters. The Morgan fingerprint density at radius 2 is 1.76 bits per heavy atom. The fraction of sp³-hybridized carbons (Fsp3) is 0.333. The third-order valence-electron chi connectivity index (χ3n) is 8.82. The Morgan fingerprint density at radius 3 is 2.48 bits per heavy atom. The normalized spacial score (nSPS) is 17.1. The molecule has 0 aliphatic carbocycles. The van der Waals surface area contributed by atoms with Crippen LogP contribution in [0, 0.1) is 5.92 Å². The first-order valence-electron chi connectivity index (χ1n) is 15.5. The highest BCUT2D eigenvalue weighted by atomic mass is 35.5. The third-order valence-corrected chi connectivity index (χ3v) is 8.82. The van der Waals surface area contributed by atoms with Crippen LogP contribution < -0.4 is 20.9 Å². The van der Waals surface area contributed by atoms with Gasteiger partial charge in [-0.15, -0.1) is 12.4 Å². The Morgan fingerprint density at radius 1 is 1.02 bits per heavy atom. The van der Waals surface area contributed by atoms with Crippen molar-refractivity contribution in [3.8, 4) is 0 Å². The molecule has 6 rings (SSSR count). The molecule has 0 radical (unpaired) electrons. The summed E-state index contributed by atoms with van der Waals surface area (Å²) in [6.45, 7) is 4.12.